The molecule has 6 heteroatoms. The second-order valence-electron chi connectivity index (χ2n) is 8.04. The maximum absolute atomic E-state index is 14.7. The highest BCUT2D eigenvalue weighted by Gasteiger charge is 2.37. The zero-order chi connectivity index (χ0) is 21.4. The number of amides is 1. The predicted molar refractivity (Wildman–Crippen MR) is 115 cm³/mol. The molecule has 0 aliphatic carbocycles. The minimum atomic E-state index is -0.491. The second-order valence-corrected chi connectivity index (χ2v) is 8.04. The third kappa shape index (κ3) is 5.78. The molecule has 2 N–H and O–H groups in total. The van der Waals surface area contributed by atoms with Crippen molar-refractivity contribution in [2.75, 3.05) is 31.1 Å². The fraction of sp³-hybridized carbons (Fsp3) is 0.609. The molecule has 2 heterocycles. The zero-order valence-electron chi connectivity index (χ0n) is 18.0. The summed E-state index contributed by atoms with van der Waals surface area (Å²) in [5.74, 6) is -1.28. The summed E-state index contributed by atoms with van der Waals surface area (Å²) >= 11 is 0. The molecule has 0 bridgehead atoms. The molecule has 1 aromatic carbocycles. The highest BCUT2D eigenvalue weighted by atomic mass is 19.1. The Morgan fingerprint density at radius 1 is 1.28 bits per heavy atom. The first-order valence-corrected chi connectivity index (χ1v) is 10.8. The molecular formula is C23H35F2N3O. The molecule has 1 unspecified atom stereocenters. The minimum Gasteiger partial charge on any atom is -0.371 e. The normalized spacial score (nSPS) is 18.7. The first-order valence-electron chi connectivity index (χ1n) is 10.8. The average molecular weight is 408 g/mol. The van der Waals surface area contributed by atoms with Crippen molar-refractivity contribution >= 4 is 12.1 Å². The van der Waals surface area contributed by atoms with Crippen LogP contribution < -0.4 is 15.5 Å². The van der Waals surface area contributed by atoms with Crippen LogP contribution in [0.25, 0.3) is 0 Å². The number of hydrogen-bond acceptors (Lipinski definition) is 3. The third-order valence-corrected chi connectivity index (χ3v) is 6.22. The molecule has 0 aromatic heterocycles. The molecular weight excluding hydrogens is 372 g/mol. The van der Waals surface area contributed by atoms with Crippen LogP contribution in [-0.2, 0) is 4.79 Å². The largest absolute Gasteiger partial charge is 0.371 e. The van der Waals surface area contributed by atoms with Gasteiger partial charge in [0.1, 0.15) is 11.6 Å². The Morgan fingerprint density at radius 2 is 1.90 bits per heavy atom. The number of benzene rings is 1. The van der Waals surface area contributed by atoms with Gasteiger partial charge in [-0.15, -0.1) is 0 Å². The quantitative estimate of drug-likeness (QED) is 0.643. The van der Waals surface area contributed by atoms with E-state index in [0.29, 0.717) is 36.1 Å². The van der Waals surface area contributed by atoms with E-state index in [9.17, 15) is 13.6 Å². The average Bonchev–Trinajstić information content (AvgIpc) is 3.16. The van der Waals surface area contributed by atoms with E-state index in [-0.39, 0.29) is 11.5 Å². The first kappa shape index (κ1) is 23.3. The summed E-state index contributed by atoms with van der Waals surface area (Å²) in [5, 5.41) is 5.92. The molecule has 2 saturated heterocycles. The highest BCUT2D eigenvalue weighted by Crippen LogP contribution is 2.39. The minimum absolute atomic E-state index is 0.117. The van der Waals surface area contributed by atoms with Crippen LogP contribution in [0.3, 0.4) is 0 Å². The van der Waals surface area contributed by atoms with Gasteiger partial charge in [-0.05, 0) is 62.1 Å². The van der Waals surface area contributed by atoms with Gasteiger partial charge in [0.05, 0.1) is 0 Å². The lowest BCUT2D eigenvalue weighted by atomic mass is 9.77. The molecule has 1 spiro atoms. The molecule has 3 rings (SSSR count). The van der Waals surface area contributed by atoms with Crippen LogP contribution >= 0.6 is 0 Å². The van der Waals surface area contributed by atoms with E-state index < -0.39 is 11.6 Å². The molecule has 1 atom stereocenters. The molecule has 2 aliphatic rings. The van der Waals surface area contributed by atoms with E-state index in [4.69, 9.17) is 0 Å². The number of anilines is 1. The van der Waals surface area contributed by atoms with E-state index in [2.05, 4.69) is 22.1 Å². The van der Waals surface area contributed by atoms with Crippen molar-refractivity contribution in [1.29, 1.82) is 0 Å². The Balaban J connectivity index is 0.00000145. The number of nitrogens with one attached hydrogen (secondary N) is 2. The number of rotatable bonds is 7. The van der Waals surface area contributed by atoms with E-state index in [1.807, 2.05) is 13.8 Å². The summed E-state index contributed by atoms with van der Waals surface area (Å²) in [7, 11) is 0. The molecule has 1 amide bonds. The molecule has 1 aromatic rings. The smallest absolute Gasteiger partial charge is 0.211 e. The molecule has 0 radical (unpaired) electrons. The van der Waals surface area contributed by atoms with Crippen molar-refractivity contribution in [3.8, 4) is 0 Å². The van der Waals surface area contributed by atoms with E-state index in [1.165, 1.54) is 18.6 Å². The standard InChI is InChI=1S/C21H29F2N3O.C2H6/c1-15(3-4-16(2)25-14-27)20-18(22)11-17(12-19(20)23)26-9-6-21(7-10-26)5-8-24-13-21;1-2/h11-12,14-15,24H,2-10,13H2,1H3,(H,25,27);1-2H3. The van der Waals surface area contributed by atoms with Crippen molar-refractivity contribution in [3.05, 3.63) is 41.6 Å². The van der Waals surface area contributed by atoms with Gasteiger partial charge in [0.2, 0.25) is 6.41 Å². The maximum atomic E-state index is 14.7. The Bertz CT molecular complexity index is 668. The number of halogens is 2. The lowest BCUT2D eigenvalue weighted by Gasteiger charge is -2.40. The maximum Gasteiger partial charge on any atom is 0.211 e. The van der Waals surface area contributed by atoms with Crippen molar-refractivity contribution in [2.24, 2.45) is 5.41 Å². The second kappa shape index (κ2) is 10.7. The van der Waals surface area contributed by atoms with Crippen LogP contribution in [0.15, 0.2) is 24.4 Å². The van der Waals surface area contributed by atoms with Crippen LogP contribution in [-0.4, -0.2) is 32.6 Å². The molecule has 29 heavy (non-hydrogen) atoms. The Labute approximate surface area is 173 Å². The van der Waals surface area contributed by atoms with E-state index >= 15 is 0 Å². The number of nitrogens with zero attached hydrogens (tertiary/aromatic N) is 1. The van der Waals surface area contributed by atoms with Crippen molar-refractivity contribution in [1.82, 2.24) is 10.6 Å². The van der Waals surface area contributed by atoms with E-state index in [1.54, 1.807) is 6.92 Å². The highest BCUT2D eigenvalue weighted by molar-refractivity contribution is 5.50. The van der Waals surface area contributed by atoms with Gasteiger partial charge in [-0.2, -0.15) is 0 Å². The van der Waals surface area contributed by atoms with Crippen molar-refractivity contribution in [3.63, 3.8) is 0 Å². The number of piperidine rings is 1. The first-order chi connectivity index (χ1) is 13.9. The Morgan fingerprint density at radius 3 is 2.41 bits per heavy atom. The Kier molecular flexibility index (Phi) is 8.62. The van der Waals surface area contributed by atoms with Gasteiger partial charge >= 0.3 is 0 Å². The van der Waals surface area contributed by atoms with Crippen LogP contribution in [0, 0.1) is 17.0 Å². The van der Waals surface area contributed by atoms with Gasteiger partial charge in [-0.3, -0.25) is 4.79 Å². The predicted octanol–water partition coefficient (Wildman–Crippen LogP) is 4.71. The van der Waals surface area contributed by atoms with Gasteiger partial charge < -0.3 is 15.5 Å². The van der Waals surface area contributed by atoms with Crippen LogP contribution in [0.4, 0.5) is 14.5 Å². The molecule has 0 saturated carbocycles. The number of allylic oxidation sites excluding steroid dienone is 1. The van der Waals surface area contributed by atoms with Crippen LogP contribution in [0.5, 0.6) is 0 Å². The van der Waals surface area contributed by atoms with Gasteiger partial charge in [0.15, 0.2) is 0 Å². The Hall–Kier alpha value is -1.95. The van der Waals surface area contributed by atoms with Gasteiger partial charge in [0, 0.05) is 36.6 Å². The molecule has 162 valence electrons. The zero-order valence-corrected chi connectivity index (χ0v) is 18.0. The van der Waals surface area contributed by atoms with Crippen molar-refractivity contribution < 1.29 is 13.6 Å². The van der Waals surface area contributed by atoms with Crippen LogP contribution in [0.1, 0.15) is 64.4 Å². The number of hydrogen-bond donors (Lipinski definition) is 2. The van der Waals surface area contributed by atoms with Gasteiger partial charge in [0.25, 0.3) is 0 Å². The lowest BCUT2D eigenvalue weighted by Crippen LogP contribution is -2.41. The lowest BCUT2D eigenvalue weighted by molar-refractivity contribution is -0.109. The van der Waals surface area contributed by atoms with Crippen molar-refractivity contribution in [2.45, 2.75) is 58.8 Å². The molecule has 2 aliphatic heterocycles. The van der Waals surface area contributed by atoms with E-state index in [0.717, 1.165) is 39.0 Å². The summed E-state index contributed by atoms with van der Waals surface area (Å²) in [4.78, 5) is 12.5. The fourth-order valence-corrected chi connectivity index (χ4v) is 4.38. The summed E-state index contributed by atoms with van der Waals surface area (Å²) in [6.45, 7) is 13.3. The summed E-state index contributed by atoms with van der Waals surface area (Å²) in [6.07, 6.45) is 4.90. The SMILES string of the molecule is C=C(CCC(C)c1c(F)cc(N2CCC3(CCNC3)CC2)cc1F)NC=O.CC. The number of carbonyl (C=O) groups is 1. The van der Waals surface area contributed by atoms with Crippen LogP contribution in [0.2, 0.25) is 0 Å². The fourth-order valence-electron chi connectivity index (χ4n) is 4.38. The van der Waals surface area contributed by atoms with Gasteiger partial charge in [-0.25, -0.2) is 8.78 Å². The monoisotopic (exact) mass is 407 g/mol. The number of carbonyl (C=O) groups excluding carboxylic acids is 1. The summed E-state index contributed by atoms with van der Waals surface area (Å²) in [5.41, 5.74) is 1.68. The van der Waals surface area contributed by atoms with Gasteiger partial charge in [-0.1, -0.05) is 27.4 Å². The molecule has 4 nitrogen and oxygen atoms in total. The third-order valence-electron chi connectivity index (χ3n) is 6.22. The summed E-state index contributed by atoms with van der Waals surface area (Å²) in [6, 6.07) is 2.94. The summed E-state index contributed by atoms with van der Waals surface area (Å²) < 4.78 is 29.4. The topological polar surface area (TPSA) is 44.4 Å². The molecule has 2 fully saturated rings.